The van der Waals surface area contributed by atoms with Crippen molar-refractivity contribution in [1.82, 2.24) is 9.80 Å². The number of aliphatic carboxylic acids is 1. The Morgan fingerprint density at radius 3 is 2.52 bits per heavy atom. The zero-order chi connectivity index (χ0) is 21.1. The highest BCUT2D eigenvalue weighted by Crippen LogP contribution is 2.42. The highest BCUT2D eigenvalue weighted by molar-refractivity contribution is 5.94. The number of carbonyl (C=O) groups excluding carboxylic acids is 1. The monoisotopic (exact) mass is 420 g/mol. The van der Waals surface area contributed by atoms with Crippen LogP contribution in [0.5, 0.6) is 0 Å². The summed E-state index contributed by atoms with van der Waals surface area (Å²) in [5.74, 6) is -1.97. The number of rotatable bonds is 3. The van der Waals surface area contributed by atoms with E-state index in [1.165, 1.54) is 0 Å². The first-order valence-electron chi connectivity index (χ1n) is 9.87. The standard InChI is InChI=1S/C17H26N2O3.C2HF3O2/c20-16(14-3-1-2-4-14)19-9-15-10-22-13-17(15,12-19)11-18-5-7-21-8-6-18;3-2(4,5)1(6)7/h3,15H,1-2,4-13H2;(H,6,7)/t15-,17+;/m1./s1. The summed E-state index contributed by atoms with van der Waals surface area (Å²) in [4.78, 5) is 26.2. The Kier molecular flexibility index (Phi) is 6.85. The Labute approximate surface area is 167 Å². The summed E-state index contributed by atoms with van der Waals surface area (Å²) in [5.41, 5.74) is 1.19. The number of hydrogen-bond donors (Lipinski definition) is 1. The van der Waals surface area contributed by atoms with E-state index in [2.05, 4.69) is 15.9 Å². The van der Waals surface area contributed by atoms with Gasteiger partial charge in [0.25, 0.3) is 0 Å². The van der Waals surface area contributed by atoms with Crippen molar-refractivity contribution in [2.45, 2.75) is 25.4 Å². The van der Waals surface area contributed by atoms with Crippen LogP contribution in [0.2, 0.25) is 0 Å². The minimum atomic E-state index is -5.08. The molecule has 7 nitrogen and oxygen atoms in total. The maximum Gasteiger partial charge on any atom is 0.490 e. The van der Waals surface area contributed by atoms with Gasteiger partial charge in [-0.15, -0.1) is 0 Å². The molecule has 0 radical (unpaired) electrons. The van der Waals surface area contributed by atoms with Gasteiger partial charge in [0.2, 0.25) is 5.91 Å². The van der Waals surface area contributed by atoms with Crippen LogP contribution in [-0.4, -0.2) is 92.1 Å². The average Bonchev–Trinajstić information content (AvgIpc) is 3.37. The average molecular weight is 420 g/mol. The number of alkyl halides is 3. The minimum Gasteiger partial charge on any atom is -0.475 e. The number of likely N-dealkylation sites (tertiary alicyclic amines) is 1. The van der Waals surface area contributed by atoms with E-state index in [0.29, 0.717) is 5.92 Å². The summed E-state index contributed by atoms with van der Waals surface area (Å²) < 4.78 is 43.0. The van der Waals surface area contributed by atoms with E-state index in [-0.39, 0.29) is 11.3 Å². The summed E-state index contributed by atoms with van der Waals surface area (Å²) in [6.07, 6.45) is 0.231. The Bertz CT molecular complexity index is 648. The van der Waals surface area contributed by atoms with Crippen molar-refractivity contribution >= 4 is 11.9 Å². The van der Waals surface area contributed by atoms with Crippen molar-refractivity contribution in [2.75, 3.05) is 59.2 Å². The van der Waals surface area contributed by atoms with E-state index in [4.69, 9.17) is 19.4 Å². The molecular weight excluding hydrogens is 393 g/mol. The van der Waals surface area contributed by atoms with Crippen LogP contribution in [0.3, 0.4) is 0 Å². The second-order valence-corrected chi connectivity index (χ2v) is 8.07. The molecule has 1 aliphatic carbocycles. The zero-order valence-electron chi connectivity index (χ0n) is 16.2. The first-order valence-corrected chi connectivity index (χ1v) is 9.87. The fourth-order valence-corrected chi connectivity index (χ4v) is 4.48. The highest BCUT2D eigenvalue weighted by Gasteiger charge is 2.52. The number of nitrogens with zero attached hydrogens (tertiary/aromatic N) is 2. The van der Waals surface area contributed by atoms with E-state index < -0.39 is 12.1 Å². The molecule has 4 rings (SSSR count). The molecule has 10 heteroatoms. The smallest absolute Gasteiger partial charge is 0.475 e. The number of fused-ring (bicyclic) bond motifs is 1. The molecule has 2 atom stereocenters. The van der Waals surface area contributed by atoms with Gasteiger partial charge in [-0.3, -0.25) is 9.69 Å². The van der Waals surface area contributed by atoms with Crippen LogP contribution < -0.4 is 0 Å². The number of morpholine rings is 1. The topological polar surface area (TPSA) is 79.3 Å². The van der Waals surface area contributed by atoms with Crippen molar-refractivity contribution in [3.63, 3.8) is 0 Å². The molecule has 0 aromatic heterocycles. The lowest BCUT2D eigenvalue weighted by molar-refractivity contribution is -0.192. The van der Waals surface area contributed by atoms with Gasteiger partial charge in [-0.25, -0.2) is 4.79 Å². The van der Waals surface area contributed by atoms with E-state index in [1.807, 2.05) is 0 Å². The van der Waals surface area contributed by atoms with Crippen LogP contribution in [0.25, 0.3) is 0 Å². The van der Waals surface area contributed by atoms with Gasteiger partial charge < -0.3 is 19.5 Å². The molecule has 0 bridgehead atoms. The number of halogens is 3. The molecule has 164 valence electrons. The Balaban J connectivity index is 0.000000298. The molecule has 4 aliphatic rings. The molecule has 3 heterocycles. The predicted molar refractivity (Wildman–Crippen MR) is 96.2 cm³/mol. The highest BCUT2D eigenvalue weighted by atomic mass is 19.4. The molecule has 0 saturated carbocycles. The molecule has 3 aliphatic heterocycles. The lowest BCUT2D eigenvalue weighted by atomic mass is 9.80. The summed E-state index contributed by atoms with van der Waals surface area (Å²) in [6.45, 7) is 8.08. The first-order chi connectivity index (χ1) is 13.7. The fraction of sp³-hybridized carbons (Fsp3) is 0.789. The summed E-state index contributed by atoms with van der Waals surface area (Å²) in [7, 11) is 0. The van der Waals surface area contributed by atoms with Crippen molar-refractivity contribution in [3.05, 3.63) is 11.6 Å². The molecule has 0 aromatic rings. The summed E-state index contributed by atoms with van der Waals surface area (Å²) in [5, 5.41) is 7.12. The molecule has 29 heavy (non-hydrogen) atoms. The molecular formula is C19H27F3N2O5. The quantitative estimate of drug-likeness (QED) is 0.746. The van der Waals surface area contributed by atoms with E-state index in [1.54, 1.807) is 0 Å². The Morgan fingerprint density at radius 2 is 1.93 bits per heavy atom. The Hall–Kier alpha value is -1.65. The van der Waals surface area contributed by atoms with E-state index >= 15 is 0 Å². The van der Waals surface area contributed by atoms with Gasteiger partial charge >= 0.3 is 12.1 Å². The Morgan fingerprint density at radius 1 is 1.24 bits per heavy atom. The number of carboxylic acid groups (broad SMARTS) is 1. The third kappa shape index (κ3) is 5.29. The SMILES string of the molecule is O=C(C1=CCCC1)N1C[C@@H]2COC[C@]2(CN2CCOCC2)C1.O=C(O)C(F)(F)F. The molecule has 1 N–H and O–H groups in total. The predicted octanol–water partition coefficient (Wildman–Crippen LogP) is 1.54. The van der Waals surface area contributed by atoms with Gasteiger partial charge in [0.15, 0.2) is 0 Å². The van der Waals surface area contributed by atoms with Gasteiger partial charge in [0.1, 0.15) is 0 Å². The maximum atomic E-state index is 12.7. The lowest BCUT2D eigenvalue weighted by Crippen LogP contribution is -2.47. The van der Waals surface area contributed by atoms with Crippen LogP contribution in [0.4, 0.5) is 13.2 Å². The van der Waals surface area contributed by atoms with E-state index in [9.17, 15) is 18.0 Å². The van der Waals surface area contributed by atoms with Crippen LogP contribution >= 0.6 is 0 Å². The summed E-state index contributed by atoms with van der Waals surface area (Å²) >= 11 is 0. The maximum absolute atomic E-state index is 12.7. The molecule has 0 spiro atoms. The summed E-state index contributed by atoms with van der Waals surface area (Å²) in [6, 6.07) is 0. The normalized spacial score (nSPS) is 29.8. The van der Waals surface area contributed by atoms with Crippen LogP contribution in [0.15, 0.2) is 11.6 Å². The van der Waals surface area contributed by atoms with Crippen molar-refractivity contribution < 1.29 is 37.3 Å². The van der Waals surface area contributed by atoms with Crippen LogP contribution in [0.1, 0.15) is 19.3 Å². The number of hydrogen-bond acceptors (Lipinski definition) is 5. The number of allylic oxidation sites excluding steroid dienone is 1. The van der Waals surface area contributed by atoms with Gasteiger partial charge in [0.05, 0.1) is 26.4 Å². The van der Waals surface area contributed by atoms with Gasteiger partial charge in [0, 0.05) is 49.6 Å². The molecule has 0 unspecified atom stereocenters. The van der Waals surface area contributed by atoms with Crippen LogP contribution in [0, 0.1) is 11.3 Å². The van der Waals surface area contributed by atoms with Crippen molar-refractivity contribution in [3.8, 4) is 0 Å². The second-order valence-electron chi connectivity index (χ2n) is 8.07. The van der Waals surface area contributed by atoms with Gasteiger partial charge in [-0.1, -0.05) is 6.08 Å². The number of ether oxygens (including phenoxy) is 2. The minimum absolute atomic E-state index is 0.145. The molecule has 3 fully saturated rings. The van der Waals surface area contributed by atoms with Gasteiger partial charge in [-0.05, 0) is 19.3 Å². The number of carbonyl (C=O) groups is 2. The second kappa shape index (κ2) is 9.01. The fourth-order valence-electron chi connectivity index (χ4n) is 4.48. The zero-order valence-corrected chi connectivity index (χ0v) is 16.2. The van der Waals surface area contributed by atoms with Crippen molar-refractivity contribution in [1.29, 1.82) is 0 Å². The third-order valence-electron chi connectivity index (χ3n) is 6.01. The third-order valence-corrected chi connectivity index (χ3v) is 6.01. The molecule has 1 amide bonds. The largest absolute Gasteiger partial charge is 0.490 e. The number of carboxylic acids is 1. The number of amides is 1. The molecule has 0 aromatic carbocycles. The van der Waals surface area contributed by atoms with E-state index in [0.717, 1.165) is 84.0 Å². The van der Waals surface area contributed by atoms with Gasteiger partial charge in [-0.2, -0.15) is 13.2 Å². The van der Waals surface area contributed by atoms with Crippen molar-refractivity contribution in [2.24, 2.45) is 11.3 Å². The molecule has 3 saturated heterocycles. The lowest BCUT2D eigenvalue weighted by Gasteiger charge is -2.36. The van der Waals surface area contributed by atoms with Crippen LogP contribution in [-0.2, 0) is 19.1 Å². The first kappa shape index (κ1) is 22.0.